The molecule has 0 radical (unpaired) electrons. The van der Waals surface area contributed by atoms with Gasteiger partial charge < -0.3 is 29.7 Å². The molecule has 4 atom stereocenters. The van der Waals surface area contributed by atoms with Crippen molar-refractivity contribution in [2.45, 2.75) is 31.0 Å². The molecule has 3 N–H and O–H groups in total. The van der Waals surface area contributed by atoms with Crippen LogP contribution in [0.5, 0.6) is 0 Å². The summed E-state index contributed by atoms with van der Waals surface area (Å²) >= 11 is 0. The highest BCUT2D eigenvalue weighted by molar-refractivity contribution is 5.91. The fourth-order valence-corrected chi connectivity index (χ4v) is 5.31. The van der Waals surface area contributed by atoms with E-state index in [1.807, 2.05) is 0 Å². The van der Waals surface area contributed by atoms with Crippen LogP contribution in [0.15, 0.2) is 108 Å². The number of rotatable bonds is 8. The summed E-state index contributed by atoms with van der Waals surface area (Å²) in [4.78, 5) is 59.2. The Morgan fingerprint density at radius 3 is 2.04 bits per heavy atom. The molecule has 1 saturated heterocycles. The third-order valence-electron chi connectivity index (χ3n) is 7.50. The molecular formula is C33H28N4O8. The van der Waals surface area contributed by atoms with Gasteiger partial charge in [-0.1, -0.05) is 54.6 Å². The van der Waals surface area contributed by atoms with Crippen LogP contribution in [0, 0.1) is 0 Å². The van der Waals surface area contributed by atoms with E-state index in [-0.39, 0.29) is 34.6 Å². The second kappa shape index (κ2) is 12.1. The number of fused-ring (bicyclic) bond motifs is 1. The summed E-state index contributed by atoms with van der Waals surface area (Å²) in [5.74, 6) is -2.01. The van der Waals surface area contributed by atoms with Crippen molar-refractivity contribution in [3.05, 3.63) is 130 Å². The van der Waals surface area contributed by atoms with E-state index >= 15 is 0 Å². The summed E-state index contributed by atoms with van der Waals surface area (Å²) in [6.07, 6.45) is -2.30. The lowest BCUT2D eigenvalue weighted by Gasteiger charge is -2.34. The number of aromatic amines is 1. The highest BCUT2D eigenvalue weighted by Gasteiger charge is 2.60. The zero-order valence-corrected chi connectivity index (χ0v) is 24.0. The average molecular weight is 609 g/mol. The molecule has 0 bridgehead atoms. The predicted octanol–water partition coefficient (Wildman–Crippen LogP) is 3.90. The van der Waals surface area contributed by atoms with E-state index in [2.05, 4.69) is 9.97 Å². The van der Waals surface area contributed by atoms with Gasteiger partial charge in [-0.2, -0.15) is 0 Å². The molecule has 45 heavy (non-hydrogen) atoms. The van der Waals surface area contributed by atoms with Gasteiger partial charge in [-0.15, -0.1) is 0 Å². The number of benzene rings is 3. The molecular weight excluding hydrogens is 580 g/mol. The number of hydrogen-bond donors (Lipinski definition) is 2. The van der Waals surface area contributed by atoms with E-state index in [1.54, 1.807) is 97.9 Å². The van der Waals surface area contributed by atoms with Crippen LogP contribution in [0.25, 0.3) is 11.0 Å². The van der Waals surface area contributed by atoms with Gasteiger partial charge in [0.05, 0.1) is 28.5 Å². The number of carbonyl (C=O) groups excluding carboxylic acids is 3. The minimum Gasteiger partial charge on any atom is -0.459 e. The van der Waals surface area contributed by atoms with Crippen LogP contribution in [0.2, 0.25) is 0 Å². The number of imidazole rings is 1. The summed E-state index contributed by atoms with van der Waals surface area (Å²) < 4.78 is 25.7. The number of nitrogens with zero attached hydrogens (tertiary/aromatic N) is 2. The van der Waals surface area contributed by atoms with Crippen LogP contribution >= 0.6 is 0 Å². The molecule has 1 aliphatic heterocycles. The lowest BCUT2D eigenvalue weighted by atomic mass is 9.95. The van der Waals surface area contributed by atoms with Crippen LogP contribution in [0.1, 0.15) is 44.2 Å². The Morgan fingerprint density at radius 1 is 0.889 bits per heavy atom. The smallest absolute Gasteiger partial charge is 0.338 e. The van der Waals surface area contributed by atoms with E-state index in [0.29, 0.717) is 5.56 Å². The quantitative estimate of drug-likeness (QED) is 0.195. The van der Waals surface area contributed by atoms with Gasteiger partial charge in [-0.05, 0) is 43.3 Å². The topological polar surface area (TPSA) is 165 Å². The molecule has 6 rings (SSSR count). The van der Waals surface area contributed by atoms with Crippen LogP contribution in [-0.4, -0.2) is 56.9 Å². The number of ether oxygens (including phenoxy) is 4. The Balaban J connectivity index is 1.43. The zero-order chi connectivity index (χ0) is 31.6. The van der Waals surface area contributed by atoms with Crippen LogP contribution < -0.4 is 11.3 Å². The molecule has 1 aliphatic rings. The molecule has 2 aromatic heterocycles. The minimum atomic E-state index is -1.74. The first-order chi connectivity index (χ1) is 21.7. The maximum absolute atomic E-state index is 13.5. The number of H-pyrrole nitrogens is 1. The van der Waals surface area contributed by atoms with E-state index in [1.165, 1.54) is 17.0 Å². The second-order valence-electron chi connectivity index (χ2n) is 10.6. The maximum Gasteiger partial charge on any atom is 0.338 e. The summed E-state index contributed by atoms with van der Waals surface area (Å²) in [5.41, 5.74) is 4.78. The normalized spacial score (nSPS) is 20.9. The fraction of sp³-hybridized carbons (Fsp3) is 0.182. The van der Waals surface area contributed by atoms with E-state index in [9.17, 15) is 19.2 Å². The monoisotopic (exact) mass is 608 g/mol. The molecule has 3 heterocycles. The predicted molar refractivity (Wildman–Crippen MR) is 161 cm³/mol. The van der Waals surface area contributed by atoms with Crippen molar-refractivity contribution >= 4 is 34.8 Å². The third-order valence-corrected chi connectivity index (χ3v) is 7.50. The second-order valence-corrected chi connectivity index (χ2v) is 10.6. The van der Waals surface area contributed by atoms with Gasteiger partial charge in [-0.3, -0.25) is 9.36 Å². The number of hydrogen-bond acceptors (Lipinski definition) is 10. The highest BCUT2D eigenvalue weighted by atomic mass is 16.7. The van der Waals surface area contributed by atoms with Crippen molar-refractivity contribution < 1.29 is 33.3 Å². The molecule has 0 amide bonds. The molecule has 5 aromatic rings. The van der Waals surface area contributed by atoms with Crippen molar-refractivity contribution in [3.8, 4) is 0 Å². The van der Waals surface area contributed by atoms with E-state index in [4.69, 9.17) is 24.7 Å². The summed E-state index contributed by atoms with van der Waals surface area (Å²) in [7, 11) is 0. The van der Waals surface area contributed by atoms with Crippen LogP contribution in [0.3, 0.4) is 0 Å². The first-order valence-corrected chi connectivity index (χ1v) is 14.0. The van der Waals surface area contributed by atoms with Gasteiger partial charge in [0.1, 0.15) is 18.5 Å². The Kier molecular flexibility index (Phi) is 7.88. The molecule has 0 aliphatic carbocycles. The first-order valence-electron chi connectivity index (χ1n) is 14.0. The SMILES string of the molecule is CC1(OC(=O)c2ccccc2)C(OC(=O)c2ccccc2)C(COC(=O)c2ccccc2)OC1n1cnc2c(=O)[nH]c(N)cc21. The van der Waals surface area contributed by atoms with E-state index < -0.39 is 47.5 Å². The number of anilines is 1. The molecule has 12 nitrogen and oxygen atoms in total. The molecule has 0 spiro atoms. The molecule has 4 unspecified atom stereocenters. The Hall–Kier alpha value is -5.75. The van der Waals surface area contributed by atoms with Gasteiger partial charge in [0, 0.05) is 6.07 Å². The summed E-state index contributed by atoms with van der Waals surface area (Å²) in [6, 6.07) is 26.4. The number of nitrogens with one attached hydrogen (secondary N) is 1. The van der Waals surface area contributed by atoms with Crippen LogP contribution in [-0.2, 0) is 18.9 Å². The maximum atomic E-state index is 13.5. The van der Waals surface area contributed by atoms with Crippen molar-refractivity contribution in [1.29, 1.82) is 0 Å². The molecule has 3 aromatic carbocycles. The van der Waals surface area contributed by atoms with Gasteiger partial charge in [-0.25, -0.2) is 19.4 Å². The van der Waals surface area contributed by atoms with Crippen molar-refractivity contribution in [2.24, 2.45) is 0 Å². The number of aromatic nitrogens is 3. The zero-order valence-electron chi connectivity index (χ0n) is 24.0. The summed E-state index contributed by atoms with van der Waals surface area (Å²) in [5, 5.41) is 0. The largest absolute Gasteiger partial charge is 0.459 e. The highest BCUT2D eigenvalue weighted by Crippen LogP contribution is 2.45. The van der Waals surface area contributed by atoms with Crippen molar-refractivity contribution in [2.75, 3.05) is 12.3 Å². The van der Waals surface area contributed by atoms with Gasteiger partial charge in [0.2, 0.25) is 0 Å². The van der Waals surface area contributed by atoms with Gasteiger partial charge in [0.25, 0.3) is 5.56 Å². The van der Waals surface area contributed by atoms with Gasteiger partial charge >= 0.3 is 17.9 Å². The molecule has 1 fully saturated rings. The number of nitrogens with two attached hydrogens (primary N) is 1. The minimum absolute atomic E-state index is 0.0568. The standard InChI is InChI=1S/C33H28N4O8/c1-33(45-31(41)22-15-9-4-10-16-22)27(44-30(40)21-13-7-3-8-14-21)24(18-42-29(39)20-11-5-2-6-12-20)43-32(33)37-19-35-26-23(37)17-25(34)36-28(26)38/h2-17,19,24,27,32H,18H2,1H3,(H3,34,36,38). The van der Waals surface area contributed by atoms with Crippen molar-refractivity contribution in [1.82, 2.24) is 14.5 Å². The molecule has 228 valence electrons. The average Bonchev–Trinajstić information content (AvgIpc) is 3.59. The fourth-order valence-electron chi connectivity index (χ4n) is 5.31. The lowest BCUT2D eigenvalue weighted by molar-refractivity contribution is -0.108. The Labute approximate surface area is 256 Å². The Morgan fingerprint density at radius 2 is 1.44 bits per heavy atom. The molecule has 0 saturated carbocycles. The van der Waals surface area contributed by atoms with Crippen molar-refractivity contribution in [3.63, 3.8) is 0 Å². The number of pyridine rings is 1. The lowest BCUT2D eigenvalue weighted by Crippen LogP contribution is -2.50. The number of nitrogen functional groups attached to an aromatic ring is 1. The summed E-state index contributed by atoms with van der Waals surface area (Å²) in [6.45, 7) is 1.17. The molecule has 12 heteroatoms. The Bertz CT molecular complexity index is 1910. The van der Waals surface area contributed by atoms with Gasteiger partial charge in [0.15, 0.2) is 23.4 Å². The first kappa shape index (κ1) is 29.3. The number of carbonyl (C=O) groups is 3. The third kappa shape index (κ3) is 5.78. The number of esters is 3. The van der Waals surface area contributed by atoms with E-state index in [0.717, 1.165) is 0 Å². The van der Waals surface area contributed by atoms with Crippen LogP contribution in [0.4, 0.5) is 5.82 Å².